The molecule has 0 aliphatic carbocycles. The molecule has 0 amide bonds. The lowest BCUT2D eigenvalue weighted by atomic mass is 10.2. The Morgan fingerprint density at radius 3 is 2.45 bits per heavy atom. The monoisotopic (exact) mass is 305 g/mol. The number of nitrogens with zero attached hydrogens (tertiary/aromatic N) is 1. The van der Waals surface area contributed by atoms with Gasteiger partial charge in [0.15, 0.2) is 11.6 Å². The Morgan fingerprint density at radius 2 is 1.77 bits per heavy atom. The fourth-order valence-electron chi connectivity index (χ4n) is 2.59. The molecule has 0 saturated carbocycles. The van der Waals surface area contributed by atoms with E-state index in [1.54, 1.807) is 10.6 Å². The smallest absolute Gasteiger partial charge is 0.167 e. The molecule has 0 N–H and O–H groups in total. The van der Waals surface area contributed by atoms with E-state index in [9.17, 15) is 13.2 Å². The number of benzene rings is 2. The summed E-state index contributed by atoms with van der Waals surface area (Å²) in [6.45, 7) is 2.05. The highest BCUT2D eigenvalue weighted by atomic mass is 19.1. The van der Waals surface area contributed by atoms with Crippen molar-refractivity contribution in [3.8, 4) is 5.75 Å². The molecule has 114 valence electrons. The minimum atomic E-state index is -0.619. The highest BCUT2D eigenvalue weighted by Crippen LogP contribution is 2.28. The third-order valence-corrected chi connectivity index (χ3v) is 3.73. The van der Waals surface area contributed by atoms with Crippen LogP contribution in [0.5, 0.6) is 5.75 Å². The summed E-state index contributed by atoms with van der Waals surface area (Å²) in [6.07, 6.45) is 0. The van der Waals surface area contributed by atoms with Gasteiger partial charge < -0.3 is 9.30 Å². The first kappa shape index (κ1) is 14.5. The van der Waals surface area contributed by atoms with Crippen LogP contribution in [0.2, 0.25) is 0 Å². The van der Waals surface area contributed by atoms with E-state index in [-0.39, 0.29) is 12.3 Å². The van der Waals surface area contributed by atoms with Crippen molar-refractivity contribution in [1.82, 2.24) is 4.57 Å². The summed E-state index contributed by atoms with van der Waals surface area (Å²) < 4.78 is 47.5. The molecule has 0 saturated heterocycles. The molecule has 0 spiro atoms. The van der Waals surface area contributed by atoms with Gasteiger partial charge in [0, 0.05) is 28.8 Å². The van der Waals surface area contributed by atoms with Crippen LogP contribution >= 0.6 is 0 Å². The highest BCUT2D eigenvalue weighted by Gasteiger charge is 2.13. The van der Waals surface area contributed by atoms with Crippen molar-refractivity contribution in [2.24, 2.45) is 0 Å². The molecule has 0 bridgehead atoms. The number of methoxy groups -OCH3 is 1. The van der Waals surface area contributed by atoms with Crippen molar-refractivity contribution in [3.63, 3.8) is 0 Å². The summed E-state index contributed by atoms with van der Waals surface area (Å²) in [4.78, 5) is 0. The van der Waals surface area contributed by atoms with E-state index in [2.05, 4.69) is 0 Å². The second-order valence-electron chi connectivity index (χ2n) is 5.15. The fraction of sp³-hybridized carbons (Fsp3) is 0.176. The van der Waals surface area contributed by atoms with Crippen LogP contribution in [-0.2, 0) is 6.54 Å². The molecule has 22 heavy (non-hydrogen) atoms. The number of aromatic nitrogens is 1. The number of rotatable bonds is 3. The van der Waals surface area contributed by atoms with Crippen molar-refractivity contribution in [2.75, 3.05) is 7.11 Å². The maximum Gasteiger partial charge on any atom is 0.167 e. The Morgan fingerprint density at radius 1 is 1.00 bits per heavy atom. The summed E-state index contributed by atoms with van der Waals surface area (Å²) in [5, 5.41) is 0.804. The van der Waals surface area contributed by atoms with Gasteiger partial charge in [-0.1, -0.05) is 6.07 Å². The number of fused-ring (bicyclic) bond motifs is 1. The van der Waals surface area contributed by atoms with Crippen LogP contribution in [0.4, 0.5) is 13.2 Å². The first-order valence-electron chi connectivity index (χ1n) is 6.77. The molecular formula is C17H14F3NO. The topological polar surface area (TPSA) is 14.2 Å². The number of halogens is 3. The number of hydrogen-bond donors (Lipinski definition) is 0. The lowest BCUT2D eigenvalue weighted by Gasteiger charge is -2.10. The van der Waals surface area contributed by atoms with E-state index in [4.69, 9.17) is 4.74 Å². The van der Waals surface area contributed by atoms with Gasteiger partial charge in [-0.25, -0.2) is 13.2 Å². The van der Waals surface area contributed by atoms with Gasteiger partial charge in [-0.05, 0) is 25.1 Å². The molecule has 0 atom stereocenters. The van der Waals surface area contributed by atoms with E-state index in [1.165, 1.54) is 25.3 Å². The predicted octanol–water partition coefficient (Wildman–Crippen LogP) is 4.42. The van der Waals surface area contributed by atoms with E-state index >= 15 is 0 Å². The summed E-state index contributed by atoms with van der Waals surface area (Å²) in [7, 11) is 1.40. The molecule has 1 aromatic heterocycles. The molecule has 2 aromatic carbocycles. The van der Waals surface area contributed by atoms with Crippen LogP contribution in [0.3, 0.4) is 0 Å². The lowest BCUT2D eigenvalue weighted by Crippen LogP contribution is -2.04. The van der Waals surface area contributed by atoms with Crippen molar-refractivity contribution in [3.05, 3.63) is 65.1 Å². The van der Waals surface area contributed by atoms with Crippen LogP contribution in [0.15, 0.2) is 36.4 Å². The molecule has 5 heteroatoms. The fourth-order valence-corrected chi connectivity index (χ4v) is 2.59. The third-order valence-electron chi connectivity index (χ3n) is 3.73. The van der Waals surface area contributed by atoms with E-state index in [1.807, 2.05) is 13.0 Å². The lowest BCUT2D eigenvalue weighted by molar-refractivity contribution is 0.387. The number of aryl methyl sites for hydroxylation is 1. The van der Waals surface area contributed by atoms with E-state index in [0.717, 1.165) is 17.1 Å². The summed E-state index contributed by atoms with van der Waals surface area (Å²) >= 11 is 0. The second kappa shape index (κ2) is 5.40. The van der Waals surface area contributed by atoms with Crippen LogP contribution in [0.1, 0.15) is 11.3 Å². The van der Waals surface area contributed by atoms with E-state index in [0.29, 0.717) is 11.1 Å². The van der Waals surface area contributed by atoms with Crippen molar-refractivity contribution < 1.29 is 17.9 Å². The van der Waals surface area contributed by atoms with Gasteiger partial charge >= 0.3 is 0 Å². The SMILES string of the molecule is COc1cc2cc(C)n(Cc3ccc(F)cc3F)c2cc1F. The van der Waals surface area contributed by atoms with Crippen LogP contribution < -0.4 is 4.74 Å². The van der Waals surface area contributed by atoms with Gasteiger partial charge in [0.2, 0.25) is 0 Å². The van der Waals surface area contributed by atoms with Crippen LogP contribution in [0, 0.1) is 24.4 Å². The Labute approximate surface area is 125 Å². The van der Waals surface area contributed by atoms with Gasteiger partial charge in [0.05, 0.1) is 19.2 Å². The van der Waals surface area contributed by atoms with Crippen molar-refractivity contribution in [1.29, 1.82) is 0 Å². The minimum Gasteiger partial charge on any atom is -0.494 e. The molecule has 1 heterocycles. The zero-order chi connectivity index (χ0) is 15.9. The first-order valence-corrected chi connectivity index (χ1v) is 6.77. The molecule has 0 aliphatic heterocycles. The van der Waals surface area contributed by atoms with Crippen molar-refractivity contribution >= 4 is 10.9 Å². The zero-order valence-electron chi connectivity index (χ0n) is 12.2. The third kappa shape index (κ3) is 2.43. The average molecular weight is 305 g/mol. The molecule has 0 radical (unpaired) electrons. The summed E-state index contributed by atoms with van der Waals surface area (Å²) in [6, 6.07) is 8.30. The quantitative estimate of drug-likeness (QED) is 0.698. The van der Waals surface area contributed by atoms with E-state index < -0.39 is 17.5 Å². The maximum atomic E-state index is 13.9. The maximum absolute atomic E-state index is 13.9. The molecule has 0 aliphatic rings. The molecule has 0 fully saturated rings. The minimum absolute atomic E-state index is 0.164. The molecule has 2 nitrogen and oxygen atoms in total. The average Bonchev–Trinajstić information content (AvgIpc) is 2.76. The Bertz CT molecular complexity index is 855. The zero-order valence-corrected chi connectivity index (χ0v) is 12.2. The largest absolute Gasteiger partial charge is 0.494 e. The molecular weight excluding hydrogens is 291 g/mol. The molecule has 3 aromatic rings. The molecule has 3 rings (SSSR count). The Kier molecular flexibility index (Phi) is 3.56. The standard InChI is InChI=1S/C17H14F3NO/c1-10-5-12-6-17(22-2)15(20)8-16(12)21(10)9-11-3-4-13(18)7-14(11)19/h3-8H,9H2,1-2H3. The van der Waals surface area contributed by atoms with Crippen LogP contribution in [-0.4, -0.2) is 11.7 Å². The van der Waals surface area contributed by atoms with Crippen molar-refractivity contribution in [2.45, 2.75) is 13.5 Å². The van der Waals surface area contributed by atoms with Gasteiger partial charge in [0.25, 0.3) is 0 Å². The van der Waals surface area contributed by atoms with Gasteiger partial charge in [-0.3, -0.25) is 0 Å². The second-order valence-corrected chi connectivity index (χ2v) is 5.15. The Balaban J connectivity index is 2.10. The first-order chi connectivity index (χ1) is 10.5. The predicted molar refractivity (Wildman–Crippen MR) is 78.6 cm³/mol. The van der Waals surface area contributed by atoms with Gasteiger partial charge in [0.1, 0.15) is 11.6 Å². The normalized spacial score (nSPS) is 11.1. The summed E-state index contributed by atoms with van der Waals surface area (Å²) in [5.74, 6) is -1.55. The Hall–Kier alpha value is -2.43. The highest BCUT2D eigenvalue weighted by molar-refractivity contribution is 5.83. The van der Waals surface area contributed by atoms with Gasteiger partial charge in [-0.2, -0.15) is 0 Å². The summed E-state index contributed by atoms with van der Waals surface area (Å²) in [5.41, 5.74) is 1.84. The van der Waals surface area contributed by atoms with Crippen LogP contribution in [0.25, 0.3) is 10.9 Å². The number of ether oxygens (including phenoxy) is 1. The molecule has 0 unspecified atom stereocenters. The van der Waals surface area contributed by atoms with Gasteiger partial charge in [-0.15, -0.1) is 0 Å². The number of hydrogen-bond acceptors (Lipinski definition) is 1.